The predicted molar refractivity (Wildman–Crippen MR) is 104 cm³/mol. The van der Waals surface area contributed by atoms with Crippen molar-refractivity contribution >= 4 is 29.2 Å². The SMILES string of the molecule is COc1cc(N2CCCCC2)ccc1C=Nc1cc(Cl)ccc1OC. The van der Waals surface area contributed by atoms with Gasteiger partial charge in [0.15, 0.2) is 0 Å². The second-order valence-corrected chi connectivity index (χ2v) is 6.48. The molecule has 132 valence electrons. The molecule has 0 spiro atoms. The van der Waals surface area contributed by atoms with Gasteiger partial charge in [-0.05, 0) is 49.6 Å². The van der Waals surface area contributed by atoms with Crippen molar-refractivity contribution < 1.29 is 9.47 Å². The molecule has 2 aromatic rings. The van der Waals surface area contributed by atoms with Crippen LogP contribution in [-0.4, -0.2) is 33.5 Å². The van der Waals surface area contributed by atoms with Crippen LogP contribution < -0.4 is 14.4 Å². The van der Waals surface area contributed by atoms with Crippen molar-refractivity contribution in [1.82, 2.24) is 0 Å². The Morgan fingerprint density at radius 2 is 1.72 bits per heavy atom. The number of aliphatic imine (C=N–C) groups is 1. The van der Waals surface area contributed by atoms with Gasteiger partial charge < -0.3 is 14.4 Å². The van der Waals surface area contributed by atoms with Crippen molar-refractivity contribution in [2.75, 3.05) is 32.2 Å². The molecular weight excluding hydrogens is 336 g/mol. The van der Waals surface area contributed by atoms with Gasteiger partial charge in [-0.3, -0.25) is 4.99 Å². The molecule has 0 amide bonds. The maximum absolute atomic E-state index is 6.06. The van der Waals surface area contributed by atoms with E-state index in [9.17, 15) is 0 Å². The molecule has 0 atom stereocenters. The molecule has 4 nitrogen and oxygen atoms in total. The lowest BCUT2D eigenvalue weighted by Crippen LogP contribution is -2.29. The van der Waals surface area contributed by atoms with Gasteiger partial charge in [0.1, 0.15) is 17.2 Å². The number of anilines is 1. The summed E-state index contributed by atoms with van der Waals surface area (Å²) in [6.07, 6.45) is 5.60. The Labute approximate surface area is 154 Å². The van der Waals surface area contributed by atoms with Gasteiger partial charge in [0.2, 0.25) is 0 Å². The zero-order chi connectivity index (χ0) is 17.6. The number of piperidine rings is 1. The first kappa shape index (κ1) is 17.6. The molecule has 25 heavy (non-hydrogen) atoms. The Morgan fingerprint density at radius 1 is 0.960 bits per heavy atom. The summed E-state index contributed by atoms with van der Waals surface area (Å²) in [6.45, 7) is 2.21. The lowest BCUT2D eigenvalue weighted by atomic mass is 10.1. The lowest BCUT2D eigenvalue weighted by Gasteiger charge is -2.29. The Kier molecular flexibility index (Phi) is 5.82. The molecule has 1 heterocycles. The quantitative estimate of drug-likeness (QED) is 0.697. The van der Waals surface area contributed by atoms with Gasteiger partial charge in [-0.25, -0.2) is 0 Å². The highest BCUT2D eigenvalue weighted by atomic mass is 35.5. The molecule has 3 rings (SSSR count). The first-order valence-electron chi connectivity index (χ1n) is 8.52. The molecule has 2 aromatic carbocycles. The van der Waals surface area contributed by atoms with E-state index >= 15 is 0 Å². The maximum Gasteiger partial charge on any atom is 0.144 e. The van der Waals surface area contributed by atoms with Crippen molar-refractivity contribution in [1.29, 1.82) is 0 Å². The molecule has 5 heteroatoms. The second kappa shape index (κ2) is 8.26. The third-order valence-electron chi connectivity index (χ3n) is 4.42. The van der Waals surface area contributed by atoms with E-state index in [0.29, 0.717) is 16.5 Å². The molecular formula is C20H23ClN2O2. The van der Waals surface area contributed by atoms with Crippen LogP contribution in [0, 0.1) is 0 Å². The Hall–Kier alpha value is -2.20. The third kappa shape index (κ3) is 4.26. The van der Waals surface area contributed by atoms with E-state index in [1.54, 1.807) is 32.6 Å². The monoisotopic (exact) mass is 358 g/mol. The van der Waals surface area contributed by atoms with Crippen LogP contribution in [0.1, 0.15) is 24.8 Å². The van der Waals surface area contributed by atoms with E-state index < -0.39 is 0 Å². The van der Waals surface area contributed by atoms with E-state index in [1.807, 2.05) is 12.1 Å². The largest absolute Gasteiger partial charge is 0.496 e. The minimum Gasteiger partial charge on any atom is -0.496 e. The zero-order valence-corrected chi connectivity index (χ0v) is 15.4. The predicted octanol–water partition coefficient (Wildman–Crippen LogP) is 5.10. The number of methoxy groups -OCH3 is 2. The number of ether oxygens (including phenoxy) is 2. The highest BCUT2D eigenvalue weighted by Gasteiger charge is 2.13. The highest BCUT2D eigenvalue weighted by molar-refractivity contribution is 6.30. The van der Waals surface area contributed by atoms with Crippen LogP contribution in [0.25, 0.3) is 0 Å². The van der Waals surface area contributed by atoms with E-state index in [2.05, 4.69) is 22.0 Å². The smallest absolute Gasteiger partial charge is 0.144 e. The van der Waals surface area contributed by atoms with E-state index in [-0.39, 0.29) is 0 Å². The van der Waals surface area contributed by atoms with Crippen molar-refractivity contribution in [3.63, 3.8) is 0 Å². The van der Waals surface area contributed by atoms with Crippen LogP contribution in [0.4, 0.5) is 11.4 Å². The fourth-order valence-electron chi connectivity index (χ4n) is 3.06. The topological polar surface area (TPSA) is 34.1 Å². The average Bonchev–Trinajstić information content (AvgIpc) is 2.67. The van der Waals surface area contributed by atoms with E-state index in [0.717, 1.165) is 24.4 Å². The lowest BCUT2D eigenvalue weighted by molar-refractivity contribution is 0.413. The van der Waals surface area contributed by atoms with Crippen LogP contribution in [0.15, 0.2) is 41.4 Å². The minimum absolute atomic E-state index is 0.625. The minimum atomic E-state index is 0.625. The summed E-state index contributed by atoms with van der Waals surface area (Å²) in [6, 6.07) is 11.6. The van der Waals surface area contributed by atoms with Crippen molar-refractivity contribution in [2.24, 2.45) is 4.99 Å². The fourth-order valence-corrected chi connectivity index (χ4v) is 3.22. The normalized spacial score (nSPS) is 14.8. The van der Waals surface area contributed by atoms with Crippen LogP contribution in [0.3, 0.4) is 0 Å². The second-order valence-electron chi connectivity index (χ2n) is 6.05. The van der Waals surface area contributed by atoms with Gasteiger partial charge in [-0.2, -0.15) is 0 Å². The summed E-state index contributed by atoms with van der Waals surface area (Å²) in [5, 5.41) is 0.625. The van der Waals surface area contributed by atoms with Crippen LogP contribution in [-0.2, 0) is 0 Å². The first-order valence-corrected chi connectivity index (χ1v) is 8.89. The molecule has 1 aliphatic rings. The number of halogens is 1. The molecule has 1 saturated heterocycles. The summed E-state index contributed by atoms with van der Waals surface area (Å²) < 4.78 is 10.9. The molecule has 1 fully saturated rings. The first-order chi connectivity index (χ1) is 12.2. The van der Waals surface area contributed by atoms with Crippen molar-refractivity contribution in [3.8, 4) is 11.5 Å². The molecule has 0 aromatic heterocycles. The van der Waals surface area contributed by atoms with Crippen LogP contribution in [0.2, 0.25) is 5.02 Å². The number of hydrogen-bond donors (Lipinski definition) is 0. The zero-order valence-electron chi connectivity index (χ0n) is 14.7. The molecule has 0 unspecified atom stereocenters. The molecule has 1 aliphatic heterocycles. The third-order valence-corrected chi connectivity index (χ3v) is 4.66. The fraction of sp³-hybridized carbons (Fsp3) is 0.350. The number of hydrogen-bond acceptors (Lipinski definition) is 4. The van der Waals surface area contributed by atoms with Gasteiger partial charge >= 0.3 is 0 Å². The molecule has 0 aliphatic carbocycles. The Morgan fingerprint density at radius 3 is 2.44 bits per heavy atom. The maximum atomic E-state index is 6.06. The molecule has 0 bridgehead atoms. The van der Waals surface area contributed by atoms with Crippen molar-refractivity contribution in [3.05, 3.63) is 47.0 Å². The summed E-state index contributed by atoms with van der Waals surface area (Å²) in [5.74, 6) is 1.50. The summed E-state index contributed by atoms with van der Waals surface area (Å²) in [4.78, 5) is 6.94. The summed E-state index contributed by atoms with van der Waals surface area (Å²) in [7, 11) is 3.31. The highest BCUT2D eigenvalue weighted by Crippen LogP contribution is 2.31. The summed E-state index contributed by atoms with van der Waals surface area (Å²) >= 11 is 6.06. The van der Waals surface area contributed by atoms with Crippen LogP contribution in [0.5, 0.6) is 11.5 Å². The van der Waals surface area contributed by atoms with Gasteiger partial charge in [0.05, 0.1) is 14.2 Å². The van der Waals surface area contributed by atoms with Gasteiger partial charge in [-0.15, -0.1) is 0 Å². The van der Waals surface area contributed by atoms with E-state index in [1.165, 1.54) is 24.9 Å². The average molecular weight is 359 g/mol. The molecule has 0 saturated carbocycles. The van der Waals surface area contributed by atoms with Gasteiger partial charge in [-0.1, -0.05) is 11.6 Å². The summed E-state index contributed by atoms with van der Waals surface area (Å²) in [5.41, 5.74) is 2.82. The van der Waals surface area contributed by atoms with Gasteiger partial charge in [0, 0.05) is 41.6 Å². The number of rotatable bonds is 5. The van der Waals surface area contributed by atoms with Crippen molar-refractivity contribution in [2.45, 2.75) is 19.3 Å². The standard InChI is InChI=1S/C20H23ClN2O2/c1-24-19-9-7-16(21)12-18(19)22-14-15-6-8-17(13-20(15)25-2)23-10-4-3-5-11-23/h6-9,12-14H,3-5,10-11H2,1-2H3. The van der Waals surface area contributed by atoms with E-state index in [4.69, 9.17) is 21.1 Å². The molecule has 0 radical (unpaired) electrons. The Bertz CT molecular complexity index is 755. The Balaban J connectivity index is 1.86. The molecule has 0 N–H and O–H groups in total. The van der Waals surface area contributed by atoms with Gasteiger partial charge in [0.25, 0.3) is 0 Å². The van der Waals surface area contributed by atoms with Crippen LogP contribution >= 0.6 is 11.6 Å². The number of nitrogens with zero attached hydrogens (tertiary/aromatic N) is 2. The number of benzene rings is 2.